The summed E-state index contributed by atoms with van der Waals surface area (Å²) in [5.41, 5.74) is 0.652. The summed E-state index contributed by atoms with van der Waals surface area (Å²) in [6, 6.07) is 5.23. The summed E-state index contributed by atoms with van der Waals surface area (Å²) < 4.78 is 56.3. The summed E-state index contributed by atoms with van der Waals surface area (Å²) in [6.45, 7) is 0. The third-order valence-electron chi connectivity index (χ3n) is 4.02. The number of benzene rings is 1. The van der Waals surface area contributed by atoms with Crippen molar-refractivity contribution < 1.29 is 26.4 Å². The zero-order valence-electron chi connectivity index (χ0n) is 14.8. The van der Waals surface area contributed by atoms with E-state index in [1.807, 2.05) is 0 Å². The van der Waals surface area contributed by atoms with Gasteiger partial charge in [-0.3, -0.25) is 4.79 Å². The van der Waals surface area contributed by atoms with Gasteiger partial charge in [-0.15, -0.1) is 0 Å². The highest BCUT2D eigenvalue weighted by atomic mass is 32.2. The van der Waals surface area contributed by atoms with E-state index in [9.17, 15) is 21.6 Å². The fourth-order valence-electron chi connectivity index (χ4n) is 2.68. The van der Waals surface area contributed by atoms with Crippen molar-refractivity contribution in [1.29, 1.82) is 0 Å². The number of nitrogens with one attached hydrogen (secondary N) is 2. The summed E-state index contributed by atoms with van der Waals surface area (Å²) >= 11 is 0. The molecule has 0 bridgehead atoms. The second-order valence-electron chi connectivity index (χ2n) is 6.25. The number of nitrogens with zero attached hydrogens (tertiary/aromatic N) is 1. The van der Waals surface area contributed by atoms with Gasteiger partial charge in [0, 0.05) is 19.7 Å². The van der Waals surface area contributed by atoms with Crippen molar-refractivity contribution in [3.8, 4) is 5.75 Å². The largest absolute Gasteiger partial charge is 0.496 e. The molecule has 1 fully saturated rings. The first kappa shape index (κ1) is 20.6. The Morgan fingerprint density at radius 2 is 1.85 bits per heavy atom. The third-order valence-corrected chi connectivity index (χ3v) is 7.32. The van der Waals surface area contributed by atoms with Gasteiger partial charge < -0.3 is 10.1 Å². The van der Waals surface area contributed by atoms with Crippen LogP contribution in [-0.4, -0.2) is 71.8 Å². The Morgan fingerprint density at radius 1 is 1.23 bits per heavy atom. The zero-order chi connectivity index (χ0) is 19.5. The lowest BCUT2D eigenvalue weighted by Crippen LogP contribution is -2.53. The van der Waals surface area contributed by atoms with E-state index < -0.39 is 38.0 Å². The van der Waals surface area contributed by atoms with Gasteiger partial charge in [0.05, 0.1) is 37.1 Å². The number of ether oxygens (including phenoxy) is 1. The molecule has 9 nitrogen and oxygen atoms in total. The molecule has 0 radical (unpaired) electrons. The molecule has 1 aromatic rings. The Labute approximate surface area is 153 Å². The molecule has 1 aliphatic rings. The van der Waals surface area contributed by atoms with Crippen LogP contribution < -0.4 is 14.8 Å². The number of para-hydroxylation sites is 1. The second-order valence-corrected chi connectivity index (χ2v) is 10.3. The molecule has 0 unspecified atom stereocenters. The molecule has 2 atom stereocenters. The van der Waals surface area contributed by atoms with Gasteiger partial charge in [-0.2, -0.15) is 17.4 Å². The van der Waals surface area contributed by atoms with Crippen molar-refractivity contribution in [3.05, 3.63) is 29.8 Å². The van der Waals surface area contributed by atoms with E-state index in [1.165, 1.54) is 21.2 Å². The number of hydrogen-bond acceptors (Lipinski definition) is 6. The standard InChI is InChI=1S/C15H23N3O6S2/c1-18(2)26(22,23)17-13-10-25(20,21)9-12(13)16-15(19)8-11-6-4-5-7-14(11)24-3/h4-7,12-13,17H,8-10H2,1-3H3,(H,16,19)/t12-,13+/m1/s1. The highest BCUT2D eigenvalue weighted by Crippen LogP contribution is 2.19. The first-order chi connectivity index (χ1) is 12.0. The molecular formula is C15H23N3O6S2. The van der Waals surface area contributed by atoms with Gasteiger partial charge in [-0.25, -0.2) is 8.42 Å². The van der Waals surface area contributed by atoms with Crippen molar-refractivity contribution >= 4 is 26.0 Å². The summed E-state index contributed by atoms with van der Waals surface area (Å²) in [6.07, 6.45) is -0.00624. The first-order valence-corrected chi connectivity index (χ1v) is 11.1. The SMILES string of the molecule is COc1ccccc1CC(=O)N[C@@H]1CS(=O)(=O)C[C@@H]1NS(=O)(=O)N(C)C. The highest BCUT2D eigenvalue weighted by molar-refractivity contribution is 7.92. The van der Waals surface area contributed by atoms with E-state index in [1.54, 1.807) is 24.3 Å². The monoisotopic (exact) mass is 405 g/mol. The van der Waals surface area contributed by atoms with Gasteiger partial charge in [0.1, 0.15) is 5.75 Å². The fourth-order valence-corrected chi connectivity index (χ4v) is 5.49. The summed E-state index contributed by atoms with van der Waals surface area (Å²) in [7, 11) is -3.12. The quantitative estimate of drug-likeness (QED) is 0.595. The molecule has 1 heterocycles. The van der Waals surface area contributed by atoms with Crippen molar-refractivity contribution in [2.45, 2.75) is 18.5 Å². The molecular weight excluding hydrogens is 382 g/mol. The number of methoxy groups -OCH3 is 1. The molecule has 1 saturated heterocycles. The lowest BCUT2D eigenvalue weighted by atomic mass is 10.1. The zero-order valence-corrected chi connectivity index (χ0v) is 16.4. The summed E-state index contributed by atoms with van der Waals surface area (Å²) in [5.74, 6) is -0.539. The van der Waals surface area contributed by atoms with Gasteiger partial charge in [-0.05, 0) is 6.07 Å². The van der Waals surface area contributed by atoms with Crippen molar-refractivity contribution in [2.75, 3.05) is 32.7 Å². The molecule has 146 valence electrons. The van der Waals surface area contributed by atoms with Crippen LogP contribution in [0.4, 0.5) is 0 Å². The topological polar surface area (TPSA) is 122 Å². The van der Waals surface area contributed by atoms with E-state index in [4.69, 9.17) is 4.74 Å². The average Bonchev–Trinajstić information content (AvgIpc) is 2.80. The van der Waals surface area contributed by atoms with E-state index >= 15 is 0 Å². The molecule has 0 saturated carbocycles. The predicted octanol–water partition coefficient (Wildman–Crippen LogP) is -1.08. The predicted molar refractivity (Wildman–Crippen MR) is 96.8 cm³/mol. The van der Waals surface area contributed by atoms with Gasteiger partial charge in [0.25, 0.3) is 10.2 Å². The van der Waals surface area contributed by atoms with Crippen molar-refractivity contribution in [3.63, 3.8) is 0 Å². The minimum atomic E-state index is -3.82. The minimum Gasteiger partial charge on any atom is -0.496 e. The second kappa shape index (κ2) is 7.91. The number of carbonyl (C=O) groups excluding carboxylic acids is 1. The molecule has 0 aliphatic carbocycles. The Balaban J connectivity index is 2.11. The number of hydrogen-bond donors (Lipinski definition) is 2. The van der Waals surface area contributed by atoms with Gasteiger partial charge >= 0.3 is 0 Å². The molecule has 26 heavy (non-hydrogen) atoms. The van der Waals surface area contributed by atoms with Crippen LogP contribution >= 0.6 is 0 Å². The lowest BCUT2D eigenvalue weighted by molar-refractivity contribution is -0.121. The first-order valence-electron chi connectivity index (χ1n) is 7.85. The Morgan fingerprint density at radius 3 is 2.46 bits per heavy atom. The number of amides is 1. The Hall–Kier alpha value is -1.69. The van der Waals surface area contributed by atoms with E-state index in [0.717, 1.165) is 4.31 Å². The molecule has 1 aromatic carbocycles. The van der Waals surface area contributed by atoms with E-state index in [0.29, 0.717) is 11.3 Å². The van der Waals surface area contributed by atoms with Crippen LogP contribution in [0.15, 0.2) is 24.3 Å². The average molecular weight is 405 g/mol. The van der Waals surface area contributed by atoms with Crippen LogP contribution in [0.25, 0.3) is 0 Å². The maximum absolute atomic E-state index is 12.3. The smallest absolute Gasteiger partial charge is 0.279 e. The normalized spacial score (nSPS) is 22.3. The molecule has 2 rings (SSSR count). The lowest BCUT2D eigenvalue weighted by Gasteiger charge is -2.22. The maximum atomic E-state index is 12.3. The number of rotatable bonds is 7. The highest BCUT2D eigenvalue weighted by Gasteiger charge is 2.40. The molecule has 1 amide bonds. The summed E-state index contributed by atoms with van der Waals surface area (Å²) in [4.78, 5) is 12.3. The Kier molecular flexibility index (Phi) is 6.27. The van der Waals surface area contributed by atoms with Gasteiger partial charge in [0.15, 0.2) is 9.84 Å². The van der Waals surface area contributed by atoms with Crippen LogP contribution in [0.2, 0.25) is 0 Å². The van der Waals surface area contributed by atoms with Crippen LogP contribution in [0, 0.1) is 0 Å². The number of carbonyl (C=O) groups is 1. The molecule has 11 heteroatoms. The van der Waals surface area contributed by atoms with Crippen molar-refractivity contribution in [1.82, 2.24) is 14.3 Å². The maximum Gasteiger partial charge on any atom is 0.279 e. The van der Waals surface area contributed by atoms with Crippen LogP contribution in [-0.2, 0) is 31.3 Å². The third kappa shape index (κ3) is 5.16. The molecule has 0 aromatic heterocycles. The van der Waals surface area contributed by atoms with Crippen molar-refractivity contribution in [2.24, 2.45) is 0 Å². The van der Waals surface area contributed by atoms with Crippen LogP contribution in [0.5, 0.6) is 5.75 Å². The fraction of sp³-hybridized carbons (Fsp3) is 0.533. The summed E-state index contributed by atoms with van der Waals surface area (Å²) in [5, 5.41) is 2.63. The Bertz CT molecular complexity index is 867. The van der Waals surface area contributed by atoms with Crippen LogP contribution in [0.3, 0.4) is 0 Å². The van der Waals surface area contributed by atoms with E-state index in [-0.39, 0.29) is 17.9 Å². The van der Waals surface area contributed by atoms with Crippen LogP contribution in [0.1, 0.15) is 5.56 Å². The number of sulfone groups is 1. The molecule has 2 N–H and O–H groups in total. The van der Waals surface area contributed by atoms with Gasteiger partial charge in [0.2, 0.25) is 5.91 Å². The minimum absolute atomic E-state index is 0.00624. The molecule has 1 aliphatic heterocycles. The molecule has 0 spiro atoms. The van der Waals surface area contributed by atoms with Gasteiger partial charge in [-0.1, -0.05) is 18.2 Å². The van der Waals surface area contributed by atoms with E-state index in [2.05, 4.69) is 10.0 Å².